The lowest BCUT2D eigenvalue weighted by Gasteiger charge is -2.35. The van der Waals surface area contributed by atoms with Gasteiger partial charge in [0.1, 0.15) is 17.4 Å². The number of hydrogen-bond acceptors (Lipinski definition) is 5. The third-order valence-electron chi connectivity index (χ3n) is 4.45. The lowest BCUT2D eigenvalue weighted by molar-refractivity contribution is 0.173. The first-order valence-electron chi connectivity index (χ1n) is 7.59. The summed E-state index contributed by atoms with van der Waals surface area (Å²) in [5, 5.41) is 9.61. The maximum absolute atomic E-state index is 9.61. The first kappa shape index (κ1) is 14.3. The summed E-state index contributed by atoms with van der Waals surface area (Å²) < 4.78 is 11.2. The Hall–Kier alpha value is -3.26. The van der Waals surface area contributed by atoms with Gasteiger partial charge in [-0.05, 0) is 29.3 Å². The number of benzene rings is 1. The minimum Gasteiger partial charge on any atom is -0.497 e. The highest BCUT2D eigenvalue weighted by molar-refractivity contribution is 6.11. The zero-order valence-corrected chi connectivity index (χ0v) is 13.1. The van der Waals surface area contributed by atoms with Gasteiger partial charge in [-0.1, -0.05) is 24.3 Å². The van der Waals surface area contributed by atoms with Gasteiger partial charge in [0, 0.05) is 17.7 Å². The van der Waals surface area contributed by atoms with Gasteiger partial charge in [0.05, 0.1) is 12.8 Å². The zero-order valence-electron chi connectivity index (χ0n) is 13.1. The Morgan fingerprint density at radius 1 is 1.33 bits per heavy atom. The normalized spacial score (nSPS) is 24.1. The fourth-order valence-electron chi connectivity index (χ4n) is 3.32. The topological polar surface area (TPSA) is 80.6 Å². The number of ether oxygens (including phenoxy) is 2. The number of rotatable bonds is 2. The van der Waals surface area contributed by atoms with Crippen molar-refractivity contribution < 1.29 is 9.47 Å². The summed E-state index contributed by atoms with van der Waals surface area (Å²) in [5.41, 5.74) is 10.2. The molecule has 24 heavy (non-hydrogen) atoms. The van der Waals surface area contributed by atoms with Crippen molar-refractivity contribution in [3.05, 3.63) is 76.9 Å². The summed E-state index contributed by atoms with van der Waals surface area (Å²) in [7, 11) is 1.62. The van der Waals surface area contributed by atoms with Crippen molar-refractivity contribution in [1.29, 1.82) is 5.26 Å². The molecule has 2 aliphatic heterocycles. The van der Waals surface area contributed by atoms with E-state index in [-0.39, 0.29) is 17.9 Å². The van der Waals surface area contributed by atoms with Crippen molar-refractivity contribution in [3.63, 3.8) is 0 Å². The van der Waals surface area contributed by atoms with Crippen LogP contribution in [0.3, 0.4) is 0 Å². The Balaban J connectivity index is 1.89. The maximum atomic E-state index is 9.61. The van der Waals surface area contributed by atoms with Crippen molar-refractivity contribution >= 4 is 5.71 Å². The molecule has 2 atom stereocenters. The number of aliphatic imine (C=N–C) groups is 1. The second kappa shape index (κ2) is 5.43. The fourth-order valence-corrected chi connectivity index (χ4v) is 3.32. The quantitative estimate of drug-likeness (QED) is 0.909. The molecular formula is C19H15N3O2. The number of nitriles is 1. The zero-order chi connectivity index (χ0) is 16.7. The highest BCUT2D eigenvalue weighted by Gasteiger charge is 2.40. The van der Waals surface area contributed by atoms with Crippen LogP contribution >= 0.6 is 0 Å². The van der Waals surface area contributed by atoms with E-state index in [0.717, 1.165) is 28.2 Å². The van der Waals surface area contributed by atoms with Gasteiger partial charge >= 0.3 is 0 Å². The Morgan fingerprint density at radius 2 is 2.21 bits per heavy atom. The molecule has 0 saturated heterocycles. The third-order valence-corrected chi connectivity index (χ3v) is 4.45. The molecule has 0 radical (unpaired) electrons. The largest absolute Gasteiger partial charge is 0.497 e. The summed E-state index contributed by atoms with van der Waals surface area (Å²) in [5.74, 6) is 0.618. The van der Waals surface area contributed by atoms with E-state index in [9.17, 15) is 5.26 Å². The first-order valence-corrected chi connectivity index (χ1v) is 7.59. The SMILES string of the molecule is COc1cccc(C2C3=CC=C4C=CN=C4C3OC(N)=C2C#N)c1. The Morgan fingerprint density at radius 3 is 3.00 bits per heavy atom. The van der Waals surface area contributed by atoms with Crippen LogP contribution in [0.25, 0.3) is 0 Å². The average molecular weight is 317 g/mol. The molecule has 0 saturated carbocycles. The Bertz CT molecular complexity index is 913. The maximum Gasteiger partial charge on any atom is 0.200 e. The second-order valence-electron chi connectivity index (χ2n) is 5.72. The van der Waals surface area contributed by atoms with Gasteiger partial charge in [0.2, 0.25) is 0 Å². The van der Waals surface area contributed by atoms with Crippen molar-refractivity contribution in [1.82, 2.24) is 0 Å². The van der Waals surface area contributed by atoms with Crippen molar-refractivity contribution in [2.45, 2.75) is 12.0 Å². The molecular weight excluding hydrogens is 302 g/mol. The van der Waals surface area contributed by atoms with Crippen LogP contribution in [0.1, 0.15) is 11.5 Å². The van der Waals surface area contributed by atoms with E-state index in [1.807, 2.05) is 42.5 Å². The molecule has 0 bridgehead atoms. The molecule has 5 heteroatoms. The van der Waals surface area contributed by atoms with Gasteiger partial charge < -0.3 is 15.2 Å². The molecule has 0 amide bonds. The molecule has 1 aromatic rings. The van der Waals surface area contributed by atoms with E-state index in [1.54, 1.807) is 13.3 Å². The first-order chi connectivity index (χ1) is 11.7. The predicted molar refractivity (Wildman–Crippen MR) is 90.2 cm³/mol. The van der Waals surface area contributed by atoms with Crippen LogP contribution in [0.15, 0.2) is 76.3 Å². The Kier molecular flexibility index (Phi) is 3.24. The number of fused-ring (bicyclic) bond motifs is 3. The summed E-state index contributed by atoms with van der Waals surface area (Å²) >= 11 is 0. The smallest absolute Gasteiger partial charge is 0.200 e. The molecule has 5 nitrogen and oxygen atoms in total. The average Bonchev–Trinajstić information content (AvgIpc) is 3.09. The lowest BCUT2D eigenvalue weighted by atomic mass is 9.77. The number of nitrogens with two attached hydrogens (primary N) is 1. The van der Waals surface area contributed by atoms with E-state index >= 15 is 0 Å². The van der Waals surface area contributed by atoms with Gasteiger partial charge in [-0.3, -0.25) is 4.99 Å². The summed E-state index contributed by atoms with van der Waals surface area (Å²) in [6, 6.07) is 9.87. The Labute approximate surface area is 139 Å². The van der Waals surface area contributed by atoms with E-state index in [0.29, 0.717) is 5.57 Å². The van der Waals surface area contributed by atoms with Crippen LogP contribution in [0.4, 0.5) is 0 Å². The predicted octanol–water partition coefficient (Wildman–Crippen LogP) is 2.71. The van der Waals surface area contributed by atoms with E-state index in [4.69, 9.17) is 15.2 Å². The lowest BCUT2D eigenvalue weighted by Crippen LogP contribution is -2.37. The number of nitrogens with zero attached hydrogens (tertiary/aromatic N) is 2. The number of hydrogen-bond donors (Lipinski definition) is 1. The number of methoxy groups -OCH3 is 1. The van der Waals surface area contributed by atoms with Gasteiger partial charge in [0.15, 0.2) is 12.0 Å². The molecule has 2 heterocycles. The van der Waals surface area contributed by atoms with E-state index in [2.05, 4.69) is 11.1 Å². The molecule has 0 fully saturated rings. The molecule has 0 spiro atoms. The van der Waals surface area contributed by atoms with Gasteiger partial charge in [-0.15, -0.1) is 0 Å². The summed E-state index contributed by atoms with van der Waals surface area (Å²) in [6.07, 6.45) is 7.32. The molecule has 2 unspecified atom stereocenters. The van der Waals surface area contributed by atoms with Gasteiger partial charge in [0.25, 0.3) is 0 Å². The van der Waals surface area contributed by atoms with Crippen LogP contribution in [0.2, 0.25) is 0 Å². The van der Waals surface area contributed by atoms with E-state index < -0.39 is 0 Å². The highest BCUT2D eigenvalue weighted by atomic mass is 16.5. The minimum absolute atomic E-state index is 0.156. The minimum atomic E-state index is -0.367. The second-order valence-corrected chi connectivity index (χ2v) is 5.72. The van der Waals surface area contributed by atoms with Crippen LogP contribution < -0.4 is 10.5 Å². The molecule has 0 aromatic heterocycles. The monoisotopic (exact) mass is 317 g/mol. The van der Waals surface area contributed by atoms with Gasteiger partial charge in [-0.25, -0.2) is 0 Å². The van der Waals surface area contributed by atoms with E-state index in [1.165, 1.54) is 0 Å². The van der Waals surface area contributed by atoms with Crippen molar-refractivity contribution in [2.24, 2.45) is 10.7 Å². The summed E-state index contributed by atoms with van der Waals surface area (Å²) in [4.78, 5) is 4.41. The van der Waals surface area contributed by atoms with Crippen LogP contribution in [0.5, 0.6) is 5.75 Å². The van der Waals surface area contributed by atoms with Crippen LogP contribution in [-0.2, 0) is 4.74 Å². The fraction of sp³-hybridized carbons (Fsp3) is 0.158. The number of allylic oxidation sites excluding steroid dienone is 4. The molecule has 1 aliphatic carbocycles. The van der Waals surface area contributed by atoms with Crippen LogP contribution in [0, 0.1) is 11.3 Å². The highest BCUT2D eigenvalue weighted by Crippen LogP contribution is 2.43. The molecule has 2 N–H and O–H groups in total. The molecule has 1 aromatic carbocycles. The molecule has 118 valence electrons. The molecule has 4 rings (SSSR count). The molecule has 3 aliphatic rings. The van der Waals surface area contributed by atoms with Crippen LogP contribution in [-0.4, -0.2) is 18.9 Å². The van der Waals surface area contributed by atoms with Gasteiger partial charge in [-0.2, -0.15) is 5.26 Å². The summed E-state index contributed by atoms with van der Waals surface area (Å²) in [6.45, 7) is 0. The third kappa shape index (κ3) is 2.04. The van der Waals surface area contributed by atoms with Crippen molar-refractivity contribution in [2.75, 3.05) is 7.11 Å². The van der Waals surface area contributed by atoms with Crippen molar-refractivity contribution in [3.8, 4) is 11.8 Å². The standard InChI is InChI=1S/C19H15N3O2/c1-23-13-4-2-3-12(9-13)16-14-6-5-11-7-8-22-17(11)18(14)24-19(21)15(16)10-20/h2-9,16,18H,21H2,1H3.